The maximum atomic E-state index is 13.4. The lowest BCUT2D eigenvalue weighted by atomic mass is 10.1. The zero-order valence-corrected chi connectivity index (χ0v) is 18.3. The number of carbonyl (C=O) groups excluding carboxylic acids is 1. The number of hydrogen-bond acceptors (Lipinski definition) is 6. The molecule has 0 saturated heterocycles. The number of benzene rings is 1. The number of nitrogens with two attached hydrogens (primary N) is 1. The molecule has 0 fully saturated rings. The number of pyridine rings is 2. The smallest absolute Gasteiger partial charge is 0.383 e. The SMILES string of the molecule is Cc1noc2c1c(N)nc1ccc(C(=O)N(Cc3ccc(C(F)(F)F)cn3)CC(C)C)cc12. The number of rotatable bonds is 5. The van der Waals surface area contributed by atoms with Crippen molar-refractivity contribution in [2.24, 2.45) is 5.92 Å². The zero-order valence-electron chi connectivity index (χ0n) is 18.3. The van der Waals surface area contributed by atoms with Gasteiger partial charge in [0.15, 0.2) is 5.58 Å². The standard InChI is InChI=1S/C23H22F3N5O2/c1-12(2)10-31(11-16-6-5-15(9-28-16)23(24,25)26)22(32)14-4-7-18-17(8-14)20-19(21(27)29-18)13(3)30-33-20/h4-9,12H,10-11H2,1-3H3,(H2,27,29). The van der Waals surface area contributed by atoms with Crippen LogP contribution >= 0.6 is 0 Å². The molecular formula is C23H22F3N5O2. The Morgan fingerprint density at radius 2 is 1.97 bits per heavy atom. The number of fused-ring (bicyclic) bond motifs is 3. The molecule has 0 unspecified atom stereocenters. The molecule has 4 aromatic rings. The van der Waals surface area contributed by atoms with Crippen molar-refractivity contribution in [3.63, 3.8) is 0 Å². The van der Waals surface area contributed by atoms with Gasteiger partial charge < -0.3 is 15.2 Å². The first-order valence-electron chi connectivity index (χ1n) is 10.3. The predicted molar refractivity (Wildman–Crippen MR) is 117 cm³/mol. The van der Waals surface area contributed by atoms with E-state index in [1.807, 2.05) is 13.8 Å². The van der Waals surface area contributed by atoms with Crippen LogP contribution in [0.1, 0.15) is 41.2 Å². The van der Waals surface area contributed by atoms with Crippen LogP contribution in [0, 0.1) is 12.8 Å². The highest BCUT2D eigenvalue weighted by Crippen LogP contribution is 2.31. The van der Waals surface area contributed by atoms with Crippen molar-refractivity contribution in [3.05, 3.63) is 59.0 Å². The minimum Gasteiger partial charge on any atom is -0.383 e. The van der Waals surface area contributed by atoms with Crippen molar-refractivity contribution in [3.8, 4) is 0 Å². The van der Waals surface area contributed by atoms with Gasteiger partial charge in [0, 0.05) is 23.7 Å². The topological polar surface area (TPSA) is 98.1 Å². The number of nitrogen functional groups attached to an aromatic ring is 1. The Bertz CT molecular complexity index is 1330. The lowest BCUT2D eigenvalue weighted by molar-refractivity contribution is -0.137. The molecule has 0 aliphatic heterocycles. The molecule has 0 spiro atoms. The highest BCUT2D eigenvalue weighted by atomic mass is 19.4. The van der Waals surface area contributed by atoms with Gasteiger partial charge in [0.25, 0.3) is 5.91 Å². The van der Waals surface area contributed by atoms with Crippen molar-refractivity contribution < 1.29 is 22.5 Å². The molecule has 3 aromatic heterocycles. The highest BCUT2D eigenvalue weighted by molar-refractivity contribution is 6.09. The average Bonchev–Trinajstić information content (AvgIpc) is 3.14. The maximum absolute atomic E-state index is 13.4. The number of hydrogen-bond donors (Lipinski definition) is 1. The normalized spacial score (nSPS) is 12.1. The van der Waals surface area contributed by atoms with Crippen molar-refractivity contribution in [1.29, 1.82) is 0 Å². The Balaban J connectivity index is 1.69. The van der Waals surface area contributed by atoms with E-state index in [1.165, 1.54) is 6.07 Å². The summed E-state index contributed by atoms with van der Waals surface area (Å²) in [5.74, 6) is 0.146. The molecular weight excluding hydrogens is 435 g/mol. The van der Waals surface area contributed by atoms with E-state index in [0.29, 0.717) is 51.2 Å². The van der Waals surface area contributed by atoms with Crippen LogP contribution in [0.15, 0.2) is 41.1 Å². The van der Waals surface area contributed by atoms with E-state index in [2.05, 4.69) is 15.1 Å². The predicted octanol–water partition coefficient (Wildman–Crippen LogP) is 4.98. The van der Waals surface area contributed by atoms with Crippen LogP contribution in [0.25, 0.3) is 21.9 Å². The van der Waals surface area contributed by atoms with E-state index in [0.717, 1.165) is 12.3 Å². The van der Waals surface area contributed by atoms with Gasteiger partial charge in [-0.2, -0.15) is 13.2 Å². The molecule has 3 heterocycles. The molecule has 2 N–H and O–H groups in total. The van der Waals surface area contributed by atoms with Crippen LogP contribution in [-0.4, -0.2) is 32.5 Å². The quantitative estimate of drug-likeness (QED) is 0.454. The Morgan fingerprint density at radius 3 is 2.61 bits per heavy atom. The van der Waals surface area contributed by atoms with Crippen LogP contribution in [-0.2, 0) is 12.7 Å². The van der Waals surface area contributed by atoms with Crippen molar-refractivity contribution >= 4 is 33.6 Å². The van der Waals surface area contributed by atoms with Gasteiger partial charge in [0.2, 0.25) is 0 Å². The summed E-state index contributed by atoms with van der Waals surface area (Å²) in [5.41, 5.74) is 7.55. The number of aryl methyl sites for hydroxylation is 1. The molecule has 33 heavy (non-hydrogen) atoms. The number of halogens is 3. The Kier molecular flexibility index (Phi) is 5.69. The van der Waals surface area contributed by atoms with Crippen molar-refractivity contribution in [2.45, 2.75) is 33.5 Å². The number of amides is 1. The molecule has 10 heteroatoms. The number of carbonyl (C=O) groups is 1. The summed E-state index contributed by atoms with van der Waals surface area (Å²) in [6.07, 6.45) is -3.69. The molecule has 0 radical (unpaired) electrons. The number of aromatic nitrogens is 3. The van der Waals surface area contributed by atoms with E-state index in [1.54, 1.807) is 30.0 Å². The van der Waals surface area contributed by atoms with Gasteiger partial charge in [-0.3, -0.25) is 9.78 Å². The van der Waals surface area contributed by atoms with Gasteiger partial charge in [-0.15, -0.1) is 0 Å². The molecule has 172 valence electrons. The molecule has 4 rings (SSSR count). The van der Waals surface area contributed by atoms with E-state index in [9.17, 15) is 18.0 Å². The number of alkyl halides is 3. The maximum Gasteiger partial charge on any atom is 0.417 e. The Labute approximate surface area is 187 Å². The second-order valence-corrected chi connectivity index (χ2v) is 8.32. The molecule has 0 saturated carbocycles. The second kappa shape index (κ2) is 8.34. The first-order chi connectivity index (χ1) is 15.5. The highest BCUT2D eigenvalue weighted by Gasteiger charge is 2.31. The number of anilines is 1. The van der Waals surface area contributed by atoms with Crippen LogP contribution in [0.4, 0.5) is 19.0 Å². The second-order valence-electron chi connectivity index (χ2n) is 8.32. The van der Waals surface area contributed by atoms with Gasteiger partial charge in [-0.25, -0.2) is 4.98 Å². The molecule has 0 bridgehead atoms. The summed E-state index contributed by atoms with van der Waals surface area (Å²) in [7, 11) is 0. The molecule has 0 aliphatic rings. The van der Waals surface area contributed by atoms with Crippen molar-refractivity contribution in [2.75, 3.05) is 12.3 Å². The first kappa shape index (κ1) is 22.5. The summed E-state index contributed by atoms with van der Waals surface area (Å²) in [6.45, 7) is 6.13. The van der Waals surface area contributed by atoms with Crippen LogP contribution in [0.2, 0.25) is 0 Å². The largest absolute Gasteiger partial charge is 0.417 e. The molecule has 0 atom stereocenters. The first-order valence-corrected chi connectivity index (χ1v) is 10.3. The zero-order chi connectivity index (χ0) is 23.9. The number of nitrogens with zero attached hydrogens (tertiary/aromatic N) is 4. The Morgan fingerprint density at radius 1 is 1.21 bits per heavy atom. The Hall–Kier alpha value is -3.69. The fourth-order valence-corrected chi connectivity index (χ4v) is 3.71. The minimum absolute atomic E-state index is 0.0734. The summed E-state index contributed by atoms with van der Waals surface area (Å²) in [4.78, 5) is 23.2. The van der Waals surface area contributed by atoms with Crippen LogP contribution < -0.4 is 5.73 Å². The van der Waals surface area contributed by atoms with Crippen LogP contribution in [0.3, 0.4) is 0 Å². The lowest BCUT2D eigenvalue weighted by Crippen LogP contribution is -2.34. The van der Waals surface area contributed by atoms with E-state index in [-0.39, 0.29) is 18.4 Å². The van der Waals surface area contributed by atoms with E-state index in [4.69, 9.17) is 10.3 Å². The third-order valence-electron chi connectivity index (χ3n) is 5.23. The fraction of sp³-hybridized carbons (Fsp3) is 0.304. The van der Waals surface area contributed by atoms with Crippen molar-refractivity contribution in [1.82, 2.24) is 20.0 Å². The monoisotopic (exact) mass is 457 g/mol. The van der Waals surface area contributed by atoms with Gasteiger partial charge >= 0.3 is 6.18 Å². The lowest BCUT2D eigenvalue weighted by Gasteiger charge is -2.24. The molecule has 1 aromatic carbocycles. The summed E-state index contributed by atoms with van der Waals surface area (Å²) >= 11 is 0. The third kappa shape index (κ3) is 4.46. The fourth-order valence-electron chi connectivity index (χ4n) is 3.71. The summed E-state index contributed by atoms with van der Waals surface area (Å²) < 4.78 is 44.0. The molecule has 0 aliphatic carbocycles. The minimum atomic E-state index is -4.47. The van der Waals surface area contributed by atoms with Gasteiger partial charge in [0.1, 0.15) is 5.82 Å². The summed E-state index contributed by atoms with van der Waals surface area (Å²) in [6, 6.07) is 7.25. The molecule has 7 nitrogen and oxygen atoms in total. The average molecular weight is 457 g/mol. The van der Waals surface area contributed by atoms with Gasteiger partial charge in [-0.05, 0) is 43.2 Å². The van der Waals surface area contributed by atoms with Crippen LogP contribution in [0.5, 0.6) is 0 Å². The van der Waals surface area contributed by atoms with Gasteiger partial charge in [-0.1, -0.05) is 19.0 Å². The van der Waals surface area contributed by atoms with Gasteiger partial charge in [0.05, 0.1) is 34.4 Å². The molecule has 1 amide bonds. The summed E-state index contributed by atoms with van der Waals surface area (Å²) in [5, 5.41) is 5.15. The van der Waals surface area contributed by atoms with E-state index < -0.39 is 11.7 Å². The van der Waals surface area contributed by atoms with E-state index >= 15 is 0 Å². The third-order valence-corrected chi connectivity index (χ3v) is 5.23.